The molecule has 0 aromatic carbocycles. The number of nitrogens with zero attached hydrogens (tertiary/aromatic N) is 5. The number of anilines is 1. The molecule has 0 saturated carbocycles. The van der Waals surface area contributed by atoms with E-state index in [1.54, 1.807) is 29.6 Å². The molecule has 4 rings (SSSR count). The van der Waals surface area contributed by atoms with Gasteiger partial charge in [0, 0.05) is 56.9 Å². The highest BCUT2D eigenvalue weighted by molar-refractivity contribution is 5.92. The van der Waals surface area contributed by atoms with Crippen LogP contribution in [0.1, 0.15) is 10.6 Å². The molecule has 0 unspecified atom stereocenters. The first kappa shape index (κ1) is 14.6. The molecule has 0 radical (unpaired) electrons. The molecule has 2 aliphatic heterocycles. The van der Waals surface area contributed by atoms with Gasteiger partial charge in [-0.2, -0.15) is 0 Å². The fraction of sp³-hybridized carbons (Fsp3) is 0.400. The summed E-state index contributed by atoms with van der Waals surface area (Å²) in [5, 5.41) is 9.84. The van der Waals surface area contributed by atoms with Gasteiger partial charge in [0.05, 0.1) is 0 Å². The molecule has 4 heterocycles. The summed E-state index contributed by atoms with van der Waals surface area (Å²) in [7, 11) is 0. The Bertz CT molecular complexity index is 765. The van der Waals surface area contributed by atoms with Crippen molar-refractivity contribution in [2.24, 2.45) is 11.3 Å². The Hall–Kier alpha value is -2.97. The summed E-state index contributed by atoms with van der Waals surface area (Å²) < 4.78 is 0. The average Bonchev–Trinajstić information content (AvgIpc) is 3.29. The number of hydrogen-bond donors (Lipinski definition) is 2. The standard InChI is InChI=1S/C15H16N6O3/c22-12(11-16-4-5-17-11)20-6-10-7-21(14-18-2-1-3-19-14)9-15(10,8-20)13(23)24/h1-5,10H,6-9H2,(H,16,17)(H,23,24)/t10-,15-/m0/s1. The molecule has 2 atom stereocenters. The lowest BCUT2D eigenvalue weighted by Gasteiger charge is -2.25. The summed E-state index contributed by atoms with van der Waals surface area (Å²) in [5.74, 6) is -0.564. The summed E-state index contributed by atoms with van der Waals surface area (Å²) in [4.78, 5) is 43.1. The van der Waals surface area contributed by atoms with E-state index in [4.69, 9.17) is 0 Å². The fourth-order valence-electron chi connectivity index (χ4n) is 3.66. The van der Waals surface area contributed by atoms with Crippen LogP contribution in [-0.2, 0) is 4.79 Å². The van der Waals surface area contributed by atoms with Crippen LogP contribution in [0.5, 0.6) is 0 Å². The lowest BCUT2D eigenvalue weighted by atomic mass is 9.81. The Balaban J connectivity index is 1.58. The zero-order chi connectivity index (χ0) is 16.7. The van der Waals surface area contributed by atoms with Gasteiger partial charge < -0.3 is 19.9 Å². The summed E-state index contributed by atoms with van der Waals surface area (Å²) in [6, 6.07) is 1.72. The maximum absolute atomic E-state index is 12.5. The number of carboxylic acid groups (broad SMARTS) is 1. The molecule has 0 spiro atoms. The monoisotopic (exact) mass is 328 g/mol. The topological polar surface area (TPSA) is 115 Å². The number of imidazole rings is 1. The minimum atomic E-state index is -0.999. The number of carboxylic acids is 1. The van der Waals surface area contributed by atoms with E-state index in [1.165, 1.54) is 6.20 Å². The van der Waals surface area contributed by atoms with E-state index < -0.39 is 11.4 Å². The van der Waals surface area contributed by atoms with Gasteiger partial charge in [0.1, 0.15) is 5.41 Å². The van der Waals surface area contributed by atoms with Crippen LogP contribution in [0.2, 0.25) is 0 Å². The first-order chi connectivity index (χ1) is 11.6. The third-order valence-electron chi connectivity index (χ3n) is 4.86. The smallest absolute Gasteiger partial charge is 0.313 e. The molecule has 1 amide bonds. The first-order valence-corrected chi connectivity index (χ1v) is 7.64. The van der Waals surface area contributed by atoms with Crippen molar-refractivity contribution in [2.45, 2.75) is 0 Å². The van der Waals surface area contributed by atoms with Gasteiger partial charge in [0.25, 0.3) is 5.91 Å². The van der Waals surface area contributed by atoms with Gasteiger partial charge in [-0.05, 0) is 6.07 Å². The number of nitrogens with one attached hydrogen (secondary N) is 1. The number of H-pyrrole nitrogens is 1. The lowest BCUT2D eigenvalue weighted by molar-refractivity contribution is -0.148. The number of fused-ring (bicyclic) bond motifs is 1. The van der Waals surface area contributed by atoms with E-state index in [1.807, 2.05) is 4.90 Å². The van der Waals surface area contributed by atoms with Crippen LogP contribution >= 0.6 is 0 Å². The van der Waals surface area contributed by atoms with Gasteiger partial charge in [-0.3, -0.25) is 9.59 Å². The largest absolute Gasteiger partial charge is 0.481 e. The van der Waals surface area contributed by atoms with E-state index in [9.17, 15) is 14.7 Å². The zero-order valence-electron chi connectivity index (χ0n) is 12.8. The zero-order valence-corrected chi connectivity index (χ0v) is 12.8. The Morgan fingerprint density at radius 3 is 2.58 bits per heavy atom. The Labute approximate surface area is 137 Å². The molecule has 2 aliphatic rings. The van der Waals surface area contributed by atoms with Crippen LogP contribution in [0.25, 0.3) is 0 Å². The van der Waals surface area contributed by atoms with Gasteiger partial charge >= 0.3 is 5.97 Å². The van der Waals surface area contributed by atoms with Gasteiger partial charge in [0.2, 0.25) is 5.95 Å². The molecule has 0 bridgehead atoms. The number of aromatic nitrogens is 4. The summed E-state index contributed by atoms with van der Waals surface area (Å²) >= 11 is 0. The molecular weight excluding hydrogens is 312 g/mol. The van der Waals surface area contributed by atoms with Crippen molar-refractivity contribution < 1.29 is 14.7 Å². The SMILES string of the molecule is O=C(c1ncc[nH]1)N1C[C@H]2CN(c3ncccn3)C[C@@]2(C(=O)O)C1. The number of carbonyl (C=O) groups is 2. The second-order valence-electron chi connectivity index (χ2n) is 6.21. The van der Waals surface area contributed by atoms with Crippen molar-refractivity contribution in [2.75, 3.05) is 31.1 Å². The van der Waals surface area contributed by atoms with Crippen LogP contribution in [0.15, 0.2) is 30.9 Å². The molecule has 2 N–H and O–H groups in total. The van der Waals surface area contributed by atoms with Crippen LogP contribution in [0.4, 0.5) is 5.95 Å². The number of hydrogen-bond acceptors (Lipinski definition) is 6. The predicted octanol–water partition coefficient (Wildman–Crippen LogP) is -0.137. The summed E-state index contributed by atoms with van der Waals surface area (Å²) in [5.41, 5.74) is -0.999. The van der Waals surface area contributed by atoms with E-state index in [0.29, 0.717) is 25.6 Å². The third kappa shape index (κ3) is 2.12. The van der Waals surface area contributed by atoms with E-state index >= 15 is 0 Å². The number of aromatic amines is 1. The van der Waals surface area contributed by atoms with Gasteiger partial charge in [-0.15, -0.1) is 0 Å². The van der Waals surface area contributed by atoms with Crippen molar-refractivity contribution >= 4 is 17.8 Å². The van der Waals surface area contributed by atoms with E-state index in [-0.39, 0.29) is 24.2 Å². The van der Waals surface area contributed by atoms with Crippen LogP contribution in [0, 0.1) is 11.3 Å². The van der Waals surface area contributed by atoms with Crippen molar-refractivity contribution in [3.8, 4) is 0 Å². The fourth-order valence-corrected chi connectivity index (χ4v) is 3.66. The van der Waals surface area contributed by atoms with E-state index in [2.05, 4.69) is 19.9 Å². The van der Waals surface area contributed by atoms with Crippen LogP contribution < -0.4 is 4.90 Å². The quantitative estimate of drug-likeness (QED) is 0.806. The highest BCUT2D eigenvalue weighted by Crippen LogP contribution is 2.43. The number of carbonyl (C=O) groups excluding carboxylic acids is 1. The van der Waals surface area contributed by atoms with Crippen LogP contribution in [-0.4, -0.2) is 68.0 Å². The molecule has 24 heavy (non-hydrogen) atoms. The Morgan fingerprint density at radius 2 is 1.96 bits per heavy atom. The van der Waals surface area contributed by atoms with Crippen LogP contribution in [0.3, 0.4) is 0 Å². The van der Waals surface area contributed by atoms with Crippen molar-refractivity contribution in [3.05, 3.63) is 36.7 Å². The normalized spacial score (nSPS) is 25.8. The minimum absolute atomic E-state index is 0.163. The number of amides is 1. The molecule has 2 saturated heterocycles. The molecule has 2 aromatic rings. The Kier molecular flexibility index (Phi) is 3.22. The first-order valence-electron chi connectivity index (χ1n) is 7.64. The van der Waals surface area contributed by atoms with Gasteiger partial charge in [-0.1, -0.05) is 0 Å². The second kappa shape index (κ2) is 5.29. The van der Waals surface area contributed by atoms with Crippen molar-refractivity contribution in [3.63, 3.8) is 0 Å². The summed E-state index contributed by atoms with van der Waals surface area (Å²) in [6.07, 6.45) is 6.35. The van der Waals surface area contributed by atoms with Crippen molar-refractivity contribution in [1.29, 1.82) is 0 Å². The molecule has 9 heteroatoms. The molecule has 124 valence electrons. The number of aliphatic carboxylic acids is 1. The second-order valence-corrected chi connectivity index (χ2v) is 6.21. The van der Waals surface area contributed by atoms with E-state index in [0.717, 1.165) is 0 Å². The Morgan fingerprint density at radius 1 is 1.17 bits per heavy atom. The maximum atomic E-state index is 12.5. The predicted molar refractivity (Wildman–Crippen MR) is 82.3 cm³/mol. The molecule has 9 nitrogen and oxygen atoms in total. The van der Waals surface area contributed by atoms with Gasteiger partial charge in [0.15, 0.2) is 5.82 Å². The lowest BCUT2D eigenvalue weighted by Crippen LogP contribution is -2.42. The average molecular weight is 328 g/mol. The van der Waals surface area contributed by atoms with Crippen molar-refractivity contribution in [1.82, 2.24) is 24.8 Å². The van der Waals surface area contributed by atoms with Gasteiger partial charge in [-0.25, -0.2) is 15.0 Å². The molecule has 2 fully saturated rings. The summed E-state index contributed by atoms with van der Waals surface area (Å²) in [6.45, 7) is 1.35. The maximum Gasteiger partial charge on any atom is 0.313 e. The number of likely N-dealkylation sites (tertiary alicyclic amines) is 1. The highest BCUT2D eigenvalue weighted by atomic mass is 16.4. The number of rotatable bonds is 3. The molecule has 2 aromatic heterocycles. The highest BCUT2D eigenvalue weighted by Gasteiger charge is 2.59. The molecule has 0 aliphatic carbocycles. The minimum Gasteiger partial charge on any atom is -0.481 e. The molecular formula is C15H16N6O3. The third-order valence-corrected chi connectivity index (χ3v) is 4.86.